The van der Waals surface area contributed by atoms with E-state index in [0.717, 1.165) is 23.2 Å². The van der Waals surface area contributed by atoms with Crippen molar-refractivity contribution in [1.29, 1.82) is 0 Å². The molecule has 1 rings (SSSR count). The molecule has 0 amide bonds. The number of nitrogens with one attached hydrogen (secondary N) is 2. The van der Waals surface area contributed by atoms with E-state index in [9.17, 15) is 8.42 Å². The van der Waals surface area contributed by atoms with Crippen LogP contribution in [0.2, 0.25) is 0 Å². The van der Waals surface area contributed by atoms with Crippen molar-refractivity contribution in [1.82, 2.24) is 4.72 Å². The van der Waals surface area contributed by atoms with E-state index in [4.69, 9.17) is 5.73 Å². The number of nitrogens with two attached hydrogens (primary N) is 1. The number of hydrogen-bond acceptors (Lipinski definition) is 4. The van der Waals surface area contributed by atoms with Gasteiger partial charge in [0.2, 0.25) is 10.0 Å². The smallest absolute Gasteiger partial charge is 0.208 e. The van der Waals surface area contributed by atoms with E-state index in [1.165, 1.54) is 0 Å². The molecule has 6 heteroatoms. The average Bonchev–Trinajstić information content (AvgIpc) is 2.13. The predicted octanol–water partition coefficient (Wildman–Crippen LogP) is 0.538. The molecule has 0 fully saturated rings. The lowest BCUT2D eigenvalue weighted by Gasteiger charge is -2.10. The minimum Gasteiger partial charge on any atom is -0.399 e. The maximum Gasteiger partial charge on any atom is 0.208 e. The van der Waals surface area contributed by atoms with Crippen molar-refractivity contribution < 1.29 is 8.42 Å². The van der Waals surface area contributed by atoms with E-state index in [2.05, 4.69) is 10.0 Å². The Morgan fingerprint density at radius 3 is 2.56 bits per heavy atom. The van der Waals surface area contributed by atoms with Crippen molar-refractivity contribution in [3.05, 3.63) is 23.8 Å². The molecular weight excluding hydrogens is 226 g/mol. The average molecular weight is 243 g/mol. The zero-order chi connectivity index (χ0) is 12.2. The molecule has 1 aromatic carbocycles. The molecular formula is C10H17N3O2S. The van der Waals surface area contributed by atoms with Gasteiger partial charge in [-0.15, -0.1) is 0 Å². The summed E-state index contributed by atoms with van der Waals surface area (Å²) in [5.74, 6) is 0. The van der Waals surface area contributed by atoms with Gasteiger partial charge in [-0.05, 0) is 30.7 Å². The first-order valence-corrected chi connectivity index (χ1v) is 6.82. The number of rotatable bonds is 5. The first-order valence-electron chi connectivity index (χ1n) is 4.93. The summed E-state index contributed by atoms with van der Waals surface area (Å²) in [5.41, 5.74) is 8.34. The Labute approximate surface area is 96.1 Å². The summed E-state index contributed by atoms with van der Waals surface area (Å²) in [7, 11) is -3.11. The minimum atomic E-state index is -3.11. The van der Waals surface area contributed by atoms with Crippen LogP contribution in [0.4, 0.5) is 11.4 Å². The maximum atomic E-state index is 10.8. The van der Waals surface area contributed by atoms with E-state index in [0.29, 0.717) is 13.1 Å². The Hall–Kier alpha value is -1.27. The van der Waals surface area contributed by atoms with E-state index in [1.807, 2.05) is 19.1 Å². The van der Waals surface area contributed by atoms with Crippen LogP contribution in [0.3, 0.4) is 0 Å². The van der Waals surface area contributed by atoms with Gasteiger partial charge in [0, 0.05) is 24.5 Å². The monoisotopic (exact) mass is 243 g/mol. The van der Waals surface area contributed by atoms with Crippen LogP contribution in [0.25, 0.3) is 0 Å². The van der Waals surface area contributed by atoms with Gasteiger partial charge in [-0.25, -0.2) is 13.1 Å². The molecule has 0 saturated heterocycles. The number of anilines is 2. The van der Waals surface area contributed by atoms with Gasteiger partial charge < -0.3 is 11.1 Å². The Kier molecular flexibility index (Phi) is 4.14. The fraction of sp³-hybridized carbons (Fsp3) is 0.400. The summed E-state index contributed by atoms with van der Waals surface area (Å²) in [6, 6.07) is 5.55. The highest BCUT2D eigenvalue weighted by Gasteiger charge is 2.00. The highest BCUT2D eigenvalue weighted by Crippen LogP contribution is 2.16. The third-order valence-corrected chi connectivity index (χ3v) is 2.78. The van der Waals surface area contributed by atoms with Gasteiger partial charge in [0.15, 0.2) is 0 Å². The van der Waals surface area contributed by atoms with Gasteiger partial charge in [-0.1, -0.05) is 0 Å². The van der Waals surface area contributed by atoms with Crippen LogP contribution in [0.15, 0.2) is 18.2 Å². The zero-order valence-electron chi connectivity index (χ0n) is 9.45. The van der Waals surface area contributed by atoms with E-state index < -0.39 is 10.0 Å². The SMILES string of the molecule is Cc1cc(N)ccc1NCCNS(C)(=O)=O. The summed E-state index contributed by atoms with van der Waals surface area (Å²) in [6.45, 7) is 2.85. The number of sulfonamides is 1. The molecule has 0 radical (unpaired) electrons. The molecule has 0 aliphatic heterocycles. The van der Waals surface area contributed by atoms with E-state index in [-0.39, 0.29) is 0 Å². The van der Waals surface area contributed by atoms with Gasteiger partial charge in [0.05, 0.1) is 6.26 Å². The van der Waals surface area contributed by atoms with Crippen LogP contribution in [0, 0.1) is 6.92 Å². The van der Waals surface area contributed by atoms with Crippen molar-refractivity contribution >= 4 is 21.4 Å². The second-order valence-electron chi connectivity index (χ2n) is 3.67. The van der Waals surface area contributed by atoms with Crippen LogP contribution in [-0.4, -0.2) is 27.8 Å². The van der Waals surface area contributed by atoms with Crippen LogP contribution in [-0.2, 0) is 10.0 Å². The topological polar surface area (TPSA) is 84.2 Å². The fourth-order valence-electron chi connectivity index (χ4n) is 1.32. The van der Waals surface area contributed by atoms with Gasteiger partial charge in [-0.3, -0.25) is 0 Å². The molecule has 5 nitrogen and oxygen atoms in total. The molecule has 0 aromatic heterocycles. The van der Waals surface area contributed by atoms with Crippen LogP contribution < -0.4 is 15.8 Å². The highest BCUT2D eigenvalue weighted by molar-refractivity contribution is 7.88. The number of aryl methyl sites for hydroxylation is 1. The van der Waals surface area contributed by atoms with Gasteiger partial charge >= 0.3 is 0 Å². The van der Waals surface area contributed by atoms with Gasteiger partial charge in [0.1, 0.15) is 0 Å². The molecule has 0 aliphatic carbocycles. The standard InChI is InChI=1S/C10H17N3O2S/c1-8-7-9(11)3-4-10(8)12-5-6-13-16(2,14)15/h3-4,7,12-13H,5-6,11H2,1-2H3. The molecule has 1 aromatic rings. The van der Waals surface area contributed by atoms with Crippen molar-refractivity contribution in [3.8, 4) is 0 Å². The normalized spacial score (nSPS) is 11.4. The Morgan fingerprint density at radius 2 is 2.00 bits per heavy atom. The quantitative estimate of drug-likeness (QED) is 0.520. The lowest BCUT2D eigenvalue weighted by molar-refractivity contribution is 0.589. The van der Waals surface area contributed by atoms with E-state index >= 15 is 0 Å². The first-order chi connectivity index (χ1) is 7.38. The largest absolute Gasteiger partial charge is 0.399 e. The van der Waals surface area contributed by atoms with E-state index in [1.54, 1.807) is 6.07 Å². The molecule has 90 valence electrons. The molecule has 16 heavy (non-hydrogen) atoms. The number of hydrogen-bond donors (Lipinski definition) is 3. The summed E-state index contributed by atoms with van der Waals surface area (Å²) >= 11 is 0. The van der Waals surface area contributed by atoms with Crippen molar-refractivity contribution in [2.45, 2.75) is 6.92 Å². The second-order valence-corrected chi connectivity index (χ2v) is 5.50. The van der Waals surface area contributed by atoms with Crippen LogP contribution in [0.5, 0.6) is 0 Å². The highest BCUT2D eigenvalue weighted by atomic mass is 32.2. The van der Waals surface area contributed by atoms with Crippen molar-refractivity contribution in [3.63, 3.8) is 0 Å². The first kappa shape index (κ1) is 12.8. The molecule has 4 N–H and O–H groups in total. The second kappa shape index (κ2) is 5.18. The van der Waals surface area contributed by atoms with Gasteiger partial charge in [0.25, 0.3) is 0 Å². The maximum absolute atomic E-state index is 10.8. The molecule has 0 heterocycles. The third-order valence-electron chi connectivity index (χ3n) is 2.06. The molecule has 0 aliphatic rings. The lowest BCUT2D eigenvalue weighted by atomic mass is 10.2. The summed E-state index contributed by atoms with van der Waals surface area (Å²) < 4.78 is 24.0. The molecule has 0 unspecified atom stereocenters. The molecule has 0 bridgehead atoms. The lowest BCUT2D eigenvalue weighted by Crippen LogP contribution is -2.27. The van der Waals surface area contributed by atoms with Crippen LogP contribution in [0.1, 0.15) is 5.56 Å². The molecule has 0 spiro atoms. The Bertz CT molecular complexity index is 457. The minimum absolute atomic E-state index is 0.364. The van der Waals surface area contributed by atoms with Gasteiger partial charge in [-0.2, -0.15) is 0 Å². The number of benzene rings is 1. The zero-order valence-corrected chi connectivity index (χ0v) is 10.3. The fourth-order valence-corrected chi connectivity index (χ4v) is 1.79. The van der Waals surface area contributed by atoms with Crippen molar-refractivity contribution in [2.75, 3.05) is 30.4 Å². The Balaban J connectivity index is 2.43. The molecule has 0 saturated carbocycles. The number of nitrogen functional groups attached to an aromatic ring is 1. The van der Waals surface area contributed by atoms with Crippen molar-refractivity contribution in [2.24, 2.45) is 0 Å². The summed E-state index contributed by atoms with van der Waals surface area (Å²) in [4.78, 5) is 0. The van der Waals surface area contributed by atoms with Crippen LogP contribution >= 0.6 is 0 Å². The molecule has 0 atom stereocenters. The summed E-state index contributed by atoms with van der Waals surface area (Å²) in [6.07, 6.45) is 1.14. The predicted molar refractivity (Wildman–Crippen MR) is 66.9 cm³/mol. The summed E-state index contributed by atoms with van der Waals surface area (Å²) in [5, 5.41) is 3.13. The Morgan fingerprint density at radius 1 is 1.31 bits per heavy atom. The third kappa shape index (κ3) is 4.50.